The van der Waals surface area contributed by atoms with Crippen molar-refractivity contribution in [2.45, 2.75) is 26.0 Å². The topological polar surface area (TPSA) is 55.8 Å². The number of methoxy groups -OCH3 is 1. The van der Waals surface area contributed by atoms with Crippen LogP contribution < -0.4 is 14.4 Å². The van der Waals surface area contributed by atoms with Crippen molar-refractivity contribution in [3.63, 3.8) is 0 Å². The Kier molecular flexibility index (Phi) is 6.09. The van der Waals surface area contributed by atoms with E-state index in [4.69, 9.17) is 9.47 Å². The molecular weight excluding hydrogens is 374 g/mol. The first-order valence-electron chi connectivity index (χ1n) is 9.13. The summed E-state index contributed by atoms with van der Waals surface area (Å²) in [6.07, 6.45) is 0. The molecule has 0 aromatic heterocycles. The maximum Gasteiger partial charge on any atom is 0.272 e. The quantitative estimate of drug-likeness (QED) is 0.643. The number of nitrogens with zero attached hydrogens (tertiary/aromatic N) is 1. The summed E-state index contributed by atoms with van der Waals surface area (Å²) < 4.78 is 11.0. The number of thioether (sulfide) groups is 1. The molecule has 1 aliphatic rings. The maximum atomic E-state index is 13.4. The second-order valence-corrected chi connectivity index (χ2v) is 8.03. The van der Waals surface area contributed by atoms with Gasteiger partial charge in [-0.15, -0.1) is 11.8 Å². The Labute approximate surface area is 169 Å². The Morgan fingerprint density at radius 3 is 2.46 bits per heavy atom. The summed E-state index contributed by atoms with van der Waals surface area (Å²) in [7, 11) is 1.55. The molecule has 5 nitrogen and oxygen atoms in total. The lowest BCUT2D eigenvalue weighted by Gasteiger charge is -2.16. The van der Waals surface area contributed by atoms with Gasteiger partial charge in [0.2, 0.25) is 0 Å². The molecule has 0 N–H and O–H groups in total. The minimum atomic E-state index is -0.355. The van der Waals surface area contributed by atoms with E-state index in [2.05, 4.69) is 0 Å². The van der Waals surface area contributed by atoms with Gasteiger partial charge >= 0.3 is 0 Å². The largest absolute Gasteiger partial charge is 0.496 e. The number of ether oxygens (including phenoxy) is 2. The lowest BCUT2D eigenvalue weighted by molar-refractivity contribution is -0.119. The predicted molar refractivity (Wildman–Crippen MR) is 113 cm³/mol. The van der Waals surface area contributed by atoms with Gasteiger partial charge in [0.1, 0.15) is 11.5 Å². The molecule has 0 saturated carbocycles. The van der Waals surface area contributed by atoms with Crippen LogP contribution in [0.15, 0.2) is 53.4 Å². The van der Waals surface area contributed by atoms with Crippen LogP contribution >= 0.6 is 11.8 Å². The molecule has 0 saturated heterocycles. The summed E-state index contributed by atoms with van der Waals surface area (Å²) in [6.45, 7) is 6.38. The Morgan fingerprint density at radius 1 is 1.04 bits per heavy atom. The molecule has 146 valence electrons. The van der Waals surface area contributed by atoms with Gasteiger partial charge in [-0.2, -0.15) is 0 Å². The molecule has 1 heterocycles. The summed E-state index contributed by atoms with van der Waals surface area (Å²) in [5.41, 5.74) is 1.49. The highest BCUT2D eigenvalue weighted by Gasteiger charge is 2.41. The summed E-state index contributed by atoms with van der Waals surface area (Å²) in [6, 6.07) is 14.3. The van der Waals surface area contributed by atoms with E-state index in [0.29, 0.717) is 39.8 Å². The minimum absolute atomic E-state index is 0.145. The molecular formula is C22H23NO4S. The Balaban J connectivity index is 2.11. The molecule has 0 radical (unpaired) electrons. The molecule has 3 rings (SSSR count). The van der Waals surface area contributed by atoms with Gasteiger partial charge in [0.15, 0.2) is 0 Å². The predicted octanol–water partition coefficient (Wildman–Crippen LogP) is 4.52. The van der Waals surface area contributed by atoms with Crippen LogP contribution in [0.3, 0.4) is 0 Å². The number of carbonyl (C=O) groups excluding carboxylic acids is 2. The van der Waals surface area contributed by atoms with Crippen LogP contribution in [0.4, 0.5) is 5.69 Å². The van der Waals surface area contributed by atoms with E-state index in [9.17, 15) is 9.59 Å². The van der Waals surface area contributed by atoms with Crippen molar-refractivity contribution in [1.29, 1.82) is 0 Å². The Hall–Kier alpha value is -2.73. The second kappa shape index (κ2) is 8.52. The molecule has 1 aliphatic heterocycles. The van der Waals surface area contributed by atoms with Crippen molar-refractivity contribution >= 4 is 34.8 Å². The molecule has 0 fully saturated rings. The number of hydrogen-bond donors (Lipinski definition) is 0. The van der Waals surface area contributed by atoms with Gasteiger partial charge < -0.3 is 9.47 Å². The van der Waals surface area contributed by atoms with Crippen LogP contribution in [0.5, 0.6) is 11.5 Å². The van der Waals surface area contributed by atoms with E-state index >= 15 is 0 Å². The fourth-order valence-corrected chi connectivity index (χ4v) is 4.04. The van der Waals surface area contributed by atoms with Crippen LogP contribution in [0.25, 0.3) is 5.57 Å². The molecule has 2 aromatic rings. The zero-order valence-corrected chi connectivity index (χ0v) is 17.2. The highest BCUT2D eigenvalue weighted by molar-refractivity contribution is 8.04. The maximum absolute atomic E-state index is 13.4. The van der Waals surface area contributed by atoms with E-state index < -0.39 is 0 Å². The summed E-state index contributed by atoms with van der Waals surface area (Å²) >= 11 is 1.39. The van der Waals surface area contributed by atoms with Crippen LogP contribution in [-0.2, 0) is 9.59 Å². The van der Waals surface area contributed by atoms with Crippen molar-refractivity contribution in [3.8, 4) is 11.5 Å². The van der Waals surface area contributed by atoms with Crippen molar-refractivity contribution in [3.05, 3.63) is 59.0 Å². The first-order chi connectivity index (χ1) is 13.5. The minimum Gasteiger partial charge on any atom is -0.496 e. The van der Waals surface area contributed by atoms with Crippen molar-refractivity contribution < 1.29 is 19.1 Å². The average Bonchev–Trinajstić information content (AvgIpc) is 2.91. The van der Waals surface area contributed by atoms with E-state index in [-0.39, 0.29) is 17.1 Å². The number of imide groups is 1. The van der Waals surface area contributed by atoms with Crippen molar-refractivity contribution in [2.24, 2.45) is 0 Å². The van der Waals surface area contributed by atoms with Gasteiger partial charge in [0.05, 0.1) is 29.9 Å². The summed E-state index contributed by atoms with van der Waals surface area (Å²) in [4.78, 5) is 28.3. The zero-order valence-electron chi connectivity index (χ0n) is 16.4. The molecule has 0 aliphatic carbocycles. The number of anilines is 1. The van der Waals surface area contributed by atoms with E-state index in [1.54, 1.807) is 43.5 Å². The van der Waals surface area contributed by atoms with Gasteiger partial charge in [0, 0.05) is 16.9 Å². The zero-order chi connectivity index (χ0) is 20.3. The molecule has 28 heavy (non-hydrogen) atoms. The lowest BCUT2D eigenvalue weighted by Crippen LogP contribution is -2.31. The van der Waals surface area contributed by atoms with Crippen molar-refractivity contribution in [1.82, 2.24) is 0 Å². The van der Waals surface area contributed by atoms with Crippen LogP contribution in [0.2, 0.25) is 0 Å². The molecule has 2 amide bonds. The van der Waals surface area contributed by atoms with E-state index in [0.717, 1.165) is 0 Å². The second-order valence-electron chi connectivity index (χ2n) is 6.45. The summed E-state index contributed by atoms with van der Waals surface area (Å²) in [5.74, 6) is 0.499. The standard InChI is InChI=1S/C22H23NO4S/c1-5-27-16-10-8-9-15(13-16)23-21(24)19(20(22(23)25)28-14(2)3)17-11-6-7-12-18(17)26-4/h6-14H,5H2,1-4H3. The van der Waals surface area contributed by atoms with Gasteiger partial charge in [0.25, 0.3) is 11.8 Å². The van der Waals surface area contributed by atoms with E-state index in [1.165, 1.54) is 16.7 Å². The van der Waals surface area contributed by atoms with E-state index in [1.807, 2.05) is 32.9 Å². The third-order valence-electron chi connectivity index (χ3n) is 4.16. The molecule has 2 aromatic carbocycles. The molecule has 0 bridgehead atoms. The molecule has 0 atom stereocenters. The Morgan fingerprint density at radius 2 is 1.79 bits per heavy atom. The van der Waals surface area contributed by atoms with Gasteiger partial charge in [-0.05, 0) is 25.1 Å². The highest BCUT2D eigenvalue weighted by Crippen LogP contribution is 2.42. The number of hydrogen-bond acceptors (Lipinski definition) is 5. The first kappa shape index (κ1) is 20.0. The number of para-hydroxylation sites is 1. The number of benzene rings is 2. The first-order valence-corrected chi connectivity index (χ1v) is 10.0. The fourth-order valence-electron chi connectivity index (χ4n) is 3.06. The van der Waals surface area contributed by atoms with Crippen molar-refractivity contribution in [2.75, 3.05) is 18.6 Å². The highest BCUT2D eigenvalue weighted by atomic mass is 32.2. The monoisotopic (exact) mass is 397 g/mol. The molecule has 0 unspecified atom stereocenters. The normalized spacial score (nSPS) is 14.2. The number of amides is 2. The molecule has 0 spiro atoms. The lowest BCUT2D eigenvalue weighted by atomic mass is 10.0. The van der Waals surface area contributed by atoms with Crippen LogP contribution in [0, 0.1) is 0 Å². The fraction of sp³-hybridized carbons (Fsp3) is 0.273. The van der Waals surface area contributed by atoms with Gasteiger partial charge in [-0.3, -0.25) is 9.59 Å². The summed E-state index contributed by atoms with van der Waals surface area (Å²) in [5, 5.41) is 0.145. The third kappa shape index (κ3) is 3.78. The average molecular weight is 397 g/mol. The SMILES string of the molecule is CCOc1cccc(N2C(=O)C(SC(C)C)=C(c3ccccc3OC)C2=O)c1. The Bertz CT molecular complexity index is 936. The van der Waals surface area contributed by atoms with Gasteiger partial charge in [-0.25, -0.2) is 4.90 Å². The number of carbonyl (C=O) groups is 2. The number of rotatable bonds is 7. The van der Waals surface area contributed by atoms with Crippen LogP contribution in [0.1, 0.15) is 26.3 Å². The third-order valence-corrected chi connectivity index (χ3v) is 5.24. The van der Waals surface area contributed by atoms with Crippen LogP contribution in [-0.4, -0.2) is 30.8 Å². The van der Waals surface area contributed by atoms with Gasteiger partial charge in [-0.1, -0.05) is 38.1 Å². The molecule has 6 heteroatoms. The smallest absolute Gasteiger partial charge is 0.272 e.